The van der Waals surface area contributed by atoms with Gasteiger partial charge in [-0.15, -0.1) is 0 Å². The Kier molecular flexibility index (Phi) is 8.20. The third kappa shape index (κ3) is 4.97. The molecule has 86 valence electrons. The SMILES string of the molecule is CCCNC(C(C)CCC)C(C)OC. The van der Waals surface area contributed by atoms with Crippen LogP contribution in [0.15, 0.2) is 0 Å². The van der Waals surface area contributed by atoms with E-state index in [0.29, 0.717) is 18.1 Å². The molecule has 0 saturated heterocycles. The molecule has 0 amide bonds. The van der Waals surface area contributed by atoms with E-state index in [1.807, 2.05) is 0 Å². The van der Waals surface area contributed by atoms with Gasteiger partial charge in [-0.05, 0) is 32.2 Å². The molecule has 0 aromatic carbocycles. The summed E-state index contributed by atoms with van der Waals surface area (Å²) in [4.78, 5) is 0. The Bertz CT molecular complexity index is 127. The van der Waals surface area contributed by atoms with Crippen molar-refractivity contribution >= 4 is 0 Å². The van der Waals surface area contributed by atoms with E-state index in [1.54, 1.807) is 7.11 Å². The monoisotopic (exact) mass is 201 g/mol. The lowest BCUT2D eigenvalue weighted by molar-refractivity contribution is 0.0623. The highest BCUT2D eigenvalue weighted by Gasteiger charge is 2.21. The fourth-order valence-corrected chi connectivity index (χ4v) is 1.92. The maximum Gasteiger partial charge on any atom is 0.0698 e. The highest BCUT2D eigenvalue weighted by atomic mass is 16.5. The number of methoxy groups -OCH3 is 1. The summed E-state index contributed by atoms with van der Waals surface area (Å²) in [5, 5.41) is 3.58. The highest BCUT2D eigenvalue weighted by molar-refractivity contribution is 4.78. The number of nitrogens with one attached hydrogen (secondary N) is 1. The quantitative estimate of drug-likeness (QED) is 0.652. The maximum atomic E-state index is 5.41. The van der Waals surface area contributed by atoms with Crippen molar-refractivity contribution in [1.82, 2.24) is 5.32 Å². The van der Waals surface area contributed by atoms with Crippen LogP contribution in [0.5, 0.6) is 0 Å². The molecular formula is C12H27NO. The van der Waals surface area contributed by atoms with Gasteiger partial charge in [-0.25, -0.2) is 0 Å². The number of hydrogen-bond donors (Lipinski definition) is 1. The van der Waals surface area contributed by atoms with Gasteiger partial charge in [0.05, 0.1) is 6.10 Å². The third-order valence-corrected chi connectivity index (χ3v) is 2.86. The molecule has 3 atom stereocenters. The van der Waals surface area contributed by atoms with Crippen LogP contribution in [0.25, 0.3) is 0 Å². The molecule has 1 N–H and O–H groups in total. The molecule has 0 bridgehead atoms. The van der Waals surface area contributed by atoms with Crippen LogP contribution in [0.4, 0.5) is 0 Å². The molecule has 14 heavy (non-hydrogen) atoms. The summed E-state index contributed by atoms with van der Waals surface area (Å²) in [6, 6.07) is 0.500. The minimum absolute atomic E-state index is 0.308. The minimum Gasteiger partial charge on any atom is -0.380 e. The Hall–Kier alpha value is -0.0800. The molecule has 0 heterocycles. The topological polar surface area (TPSA) is 21.3 Å². The van der Waals surface area contributed by atoms with Gasteiger partial charge < -0.3 is 10.1 Å². The molecule has 3 unspecified atom stereocenters. The van der Waals surface area contributed by atoms with Crippen molar-refractivity contribution in [3.05, 3.63) is 0 Å². The Morgan fingerprint density at radius 1 is 1.14 bits per heavy atom. The van der Waals surface area contributed by atoms with Crippen LogP contribution in [0.1, 0.15) is 47.0 Å². The largest absolute Gasteiger partial charge is 0.380 e. The van der Waals surface area contributed by atoms with Gasteiger partial charge in [0.25, 0.3) is 0 Å². The van der Waals surface area contributed by atoms with Crippen LogP contribution >= 0.6 is 0 Å². The van der Waals surface area contributed by atoms with Crippen molar-refractivity contribution < 1.29 is 4.74 Å². The van der Waals surface area contributed by atoms with Crippen molar-refractivity contribution in [3.8, 4) is 0 Å². The summed E-state index contributed by atoms with van der Waals surface area (Å²) in [7, 11) is 1.80. The molecule has 0 aliphatic carbocycles. The zero-order valence-corrected chi connectivity index (χ0v) is 10.5. The molecule has 0 aliphatic rings. The van der Waals surface area contributed by atoms with E-state index < -0.39 is 0 Å². The predicted molar refractivity (Wildman–Crippen MR) is 62.6 cm³/mol. The number of hydrogen-bond acceptors (Lipinski definition) is 2. The van der Waals surface area contributed by atoms with Crippen molar-refractivity contribution in [2.75, 3.05) is 13.7 Å². The zero-order valence-electron chi connectivity index (χ0n) is 10.5. The maximum absolute atomic E-state index is 5.41. The van der Waals surface area contributed by atoms with Crippen LogP contribution < -0.4 is 5.32 Å². The molecular weight excluding hydrogens is 174 g/mol. The second kappa shape index (κ2) is 8.25. The van der Waals surface area contributed by atoms with Crippen molar-refractivity contribution in [2.45, 2.75) is 59.1 Å². The zero-order chi connectivity index (χ0) is 11.0. The average Bonchev–Trinajstić information content (AvgIpc) is 2.18. The molecule has 0 aliphatic heterocycles. The van der Waals surface area contributed by atoms with E-state index in [2.05, 4.69) is 33.0 Å². The molecule has 0 saturated carbocycles. The lowest BCUT2D eigenvalue weighted by atomic mass is 9.93. The Morgan fingerprint density at radius 3 is 2.21 bits per heavy atom. The standard InChI is InChI=1S/C12H27NO/c1-6-8-10(3)12(11(4)14-5)13-9-7-2/h10-13H,6-9H2,1-5H3. The summed E-state index contributed by atoms with van der Waals surface area (Å²) >= 11 is 0. The molecule has 2 nitrogen and oxygen atoms in total. The summed E-state index contributed by atoms with van der Waals surface area (Å²) < 4.78 is 5.41. The van der Waals surface area contributed by atoms with E-state index >= 15 is 0 Å². The van der Waals surface area contributed by atoms with Crippen LogP contribution in [-0.4, -0.2) is 25.8 Å². The van der Waals surface area contributed by atoms with Crippen LogP contribution in [-0.2, 0) is 4.74 Å². The lowest BCUT2D eigenvalue weighted by Crippen LogP contribution is -2.44. The fourth-order valence-electron chi connectivity index (χ4n) is 1.92. The normalized spacial score (nSPS) is 17.8. The van der Waals surface area contributed by atoms with Crippen LogP contribution in [0, 0.1) is 5.92 Å². The molecule has 0 spiro atoms. The Labute approximate surface area is 89.4 Å². The first kappa shape index (κ1) is 13.9. The molecule has 0 rings (SSSR count). The second-order valence-corrected chi connectivity index (χ2v) is 4.19. The average molecular weight is 201 g/mol. The molecule has 2 heteroatoms. The molecule has 0 aromatic rings. The molecule has 0 radical (unpaired) electrons. The van der Waals surface area contributed by atoms with E-state index in [0.717, 1.165) is 6.54 Å². The van der Waals surface area contributed by atoms with E-state index in [4.69, 9.17) is 4.74 Å². The molecule has 0 aromatic heterocycles. The highest BCUT2D eigenvalue weighted by Crippen LogP contribution is 2.15. The third-order valence-electron chi connectivity index (χ3n) is 2.86. The van der Waals surface area contributed by atoms with Gasteiger partial charge in [-0.2, -0.15) is 0 Å². The van der Waals surface area contributed by atoms with E-state index in [-0.39, 0.29) is 0 Å². The lowest BCUT2D eigenvalue weighted by Gasteiger charge is -2.29. The van der Waals surface area contributed by atoms with Crippen molar-refractivity contribution in [1.29, 1.82) is 0 Å². The van der Waals surface area contributed by atoms with Gasteiger partial charge in [0.15, 0.2) is 0 Å². The van der Waals surface area contributed by atoms with Gasteiger partial charge in [0.1, 0.15) is 0 Å². The first-order valence-electron chi connectivity index (χ1n) is 5.93. The van der Waals surface area contributed by atoms with Gasteiger partial charge in [0, 0.05) is 13.2 Å². The van der Waals surface area contributed by atoms with Gasteiger partial charge in [0.2, 0.25) is 0 Å². The van der Waals surface area contributed by atoms with Gasteiger partial charge >= 0.3 is 0 Å². The first-order chi connectivity index (χ1) is 6.67. The summed E-state index contributed by atoms with van der Waals surface area (Å²) in [6.45, 7) is 10.00. The number of rotatable bonds is 8. The predicted octanol–water partition coefficient (Wildman–Crippen LogP) is 2.83. The van der Waals surface area contributed by atoms with E-state index in [1.165, 1.54) is 19.3 Å². The minimum atomic E-state index is 0.308. The Balaban J connectivity index is 4.07. The molecule has 0 fully saturated rings. The number of ether oxygens (including phenoxy) is 1. The Morgan fingerprint density at radius 2 is 1.79 bits per heavy atom. The first-order valence-corrected chi connectivity index (χ1v) is 5.93. The summed E-state index contributed by atoms with van der Waals surface area (Å²) in [5.74, 6) is 0.696. The second-order valence-electron chi connectivity index (χ2n) is 4.19. The summed E-state index contributed by atoms with van der Waals surface area (Å²) in [6.07, 6.45) is 4.02. The van der Waals surface area contributed by atoms with Crippen LogP contribution in [0.2, 0.25) is 0 Å². The van der Waals surface area contributed by atoms with Gasteiger partial charge in [-0.1, -0.05) is 27.2 Å². The summed E-state index contributed by atoms with van der Waals surface area (Å²) in [5.41, 5.74) is 0. The smallest absolute Gasteiger partial charge is 0.0698 e. The van der Waals surface area contributed by atoms with E-state index in [9.17, 15) is 0 Å². The van der Waals surface area contributed by atoms with Crippen molar-refractivity contribution in [2.24, 2.45) is 5.92 Å². The van der Waals surface area contributed by atoms with Gasteiger partial charge in [-0.3, -0.25) is 0 Å². The fraction of sp³-hybridized carbons (Fsp3) is 1.00. The van der Waals surface area contributed by atoms with Crippen LogP contribution in [0.3, 0.4) is 0 Å². The van der Waals surface area contributed by atoms with Crippen molar-refractivity contribution in [3.63, 3.8) is 0 Å².